The van der Waals surface area contributed by atoms with Gasteiger partial charge in [-0.15, -0.1) is 0 Å². The molecule has 2 N–H and O–H groups in total. The quantitative estimate of drug-likeness (QED) is 0.853. The SMILES string of the molecule is COc1ccc(Cl)cc1-n1cc(S(=O)(=O)N2CCC(N)C(C)(C)C2)cn1. The molecular weight excluding hydrogens is 376 g/mol. The fourth-order valence-electron chi connectivity index (χ4n) is 3.09. The first-order valence-electron chi connectivity index (χ1n) is 8.29. The van der Waals surface area contributed by atoms with Crippen LogP contribution in [0, 0.1) is 5.41 Å². The zero-order chi connectivity index (χ0) is 19.1. The third kappa shape index (κ3) is 3.46. The van der Waals surface area contributed by atoms with Crippen molar-refractivity contribution in [1.29, 1.82) is 0 Å². The van der Waals surface area contributed by atoms with E-state index in [9.17, 15) is 8.42 Å². The summed E-state index contributed by atoms with van der Waals surface area (Å²) in [5.41, 5.74) is 6.41. The van der Waals surface area contributed by atoms with Gasteiger partial charge in [0.05, 0.1) is 19.5 Å². The monoisotopic (exact) mass is 398 g/mol. The summed E-state index contributed by atoms with van der Waals surface area (Å²) in [6.07, 6.45) is 3.45. The van der Waals surface area contributed by atoms with Crippen LogP contribution in [-0.2, 0) is 10.0 Å². The van der Waals surface area contributed by atoms with Gasteiger partial charge in [-0.05, 0) is 30.0 Å². The molecular formula is C17H23ClN4O3S. The highest BCUT2D eigenvalue weighted by atomic mass is 35.5. The number of hydrogen-bond acceptors (Lipinski definition) is 5. The largest absolute Gasteiger partial charge is 0.494 e. The summed E-state index contributed by atoms with van der Waals surface area (Å²) in [5.74, 6) is 0.548. The lowest BCUT2D eigenvalue weighted by Gasteiger charge is -2.41. The van der Waals surface area contributed by atoms with Crippen LogP contribution in [0.2, 0.25) is 5.02 Å². The summed E-state index contributed by atoms with van der Waals surface area (Å²) in [5, 5.41) is 4.70. The number of rotatable bonds is 4. The zero-order valence-corrected chi connectivity index (χ0v) is 16.6. The molecule has 7 nitrogen and oxygen atoms in total. The van der Waals surface area contributed by atoms with E-state index in [1.165, 1.54) is 28.5 Å². The molecule has 1 aliphatic heterocycles. The molecule has 1 saturated heterocycles. The standard InChI is InChI=1S/C17H23ClN4O3S/c1-17(2)11-21(7-6-16(17)19)26(23,24)13-9-20-22(10-13)14-8-12(18)4-5-15(14)25-3/h4-5,8-10,16H,6-7,11,19H2,1-3H3. The molecule has 26 heavy (non-hydrogen) atoms. The van der Waals surface area contributed by atoms with Gasteiger partial charge in [-0.1, -0.05) is 25.4 Å². The summed E-state index contributed by atoms with van der Waals surface area (Å²) in [6, 6.07) is 5.06. The maximum absolute atomic E-state index is 13.0. The van der Waals surface area contributed by atoms with Crippen LogP contribution >= 0.6 is 11.6 Å². The normalized spacial score (nSPS) is 20.9. The summed E-state index contributed by atoms with van der Waals surface area (Å²) >= 11 is 6.05. The smallest absolute Gasteiger partial charge is 0.246 e. The molecule has 1 atom stereocenters. The van der Waals surface area contributed by atoms with Crippen molar-refractivity contribution in [1.82, 2.24) is 14.1 Å². The van der Waals surface area contributed by atoms with Gasteiger partial charge in [0.15, 0.2) is 0 Å². The van der Waals surface area contributed by atoms with Gasteiger partial charge in [0.25, 0.3) is 0 Å². The molecule has 142 valence electrons. The first kappa shape index (κ1) is 19.2. The van der Waals surface area contributed by atoms with Crippen LogP contribution in [0.15, 0.2) is 35.5 Å². The number of halogens is 1. The molecule has 1 unspecified atom stereocenters. The van der Waals surface area contributed by atoms with Gasteiger partial charge in [-0.25, -0.2) is 13.1 Å². The zero-order valence-electron chi connectivity index (χ0n) is 15.0. The van der Waals surface area contributed by atoms with Gasteiger partial charge in [-0.2, -0.15) is 9.40 Å². The van der Waals surface area contributed by atoms with E-state index in [4.69, 9.17) is 22.1 Å². The number of methoxy groups -OCH3 is 1. The Balaban J connectivity index is 1.93. The first-order chi connectivity index (χ1) is 12.1. The number of benzene rings is 1. The van der Waals surface area contributed by atoms with E-state index in [0.717, 1.165) is 0 Å². The molecule has 0 amide bonds. The number of ether oxygens (including phenoxy) is 1. The predicted molar refractivity (Wildman–Crippen MR) is 100 cm³/mol. The average molecular weight is 399 g/mol. The van der Waals surface area contributed by atoms with Crippen molar-refractivity contribution in [3.63, 3.8) is 0 Å². The Morgan fingerprint density at radius 1 is 1.38 bits per heavy atom. The summed E-state index contributed by atoms with van der Waals surface area (Å²) in [7, 11) is -2.12. The van der Waals surface area contributed by atoms with Gasteiger partial charge in [0.2, 0.25) is 10.0 Å². The Labute approximate surface area is 158 Å². The number of sulfonamides is 1. The minimum atomic E-state index is -3.65. The maximum Gasteiger partial charge on any atom is 0.246 e. The summed E-state index contributed by atoms with van der Waals surface area (Å²) in [4.78, 5) is 0.130. The van der Waals surface area contributed by atoms with Gasteiger partial charge in [0.1, 0.15) is 16.3 Å². The first-order valence-corrected chi connectivity index (χ1v) is 10.1. The van der Waals surface area contributed by atoms with E-state index in [0.29, 0.717) is 36.0 Å². The van der Waals surface area contributed by atoms with E-state index >= 15 is 0 Å². The highest BCUT2D eigenvalue weighted by molar-refractivity contribution is 7.89. The van der Waals surface area contributed by atoms with E-state index < -0.39 is 10.0 Å². The van der Waals surface area contributed by atoms with Gasteiger partial charge in [0, 0.05) is 24.2 Å². The Hall–Kier alpha value is -1.61. The number of nitrogens with zero attached hydrogens (tertiary/aromatic N) is 3. The molecule has 0 radical (unpaired) electrons. The van der Waals surface area contributed by atoms with Crippen LogP contribution < -0.4 is 10.5 Å². The van der Waals surface area contributed by atoms with E-state index in [1.54, 1.807) is 18.2 Å². The Bertz CT molecular complexity index is 910. The van der Waals surface area contributed by atoms with Crippen molar-refractivity contribution < 1.29 is 13.2 Å². The predicted octanol–water partition coefficient (Wildman–Crippen LogP) is 2.28. The van der Waals surface area contributed by atoms with Crippen molar-refractivity contribution in [3.05, 3.63) is 35.6 Å². The van der Waals surface area contributed by atoms with Crippen LogP contribution in [0.4, 0.5) is 0 Å². The summed E-state index contributed by atoms with van der Waals surface area (Å²) < 4.78 is 34.3. The topological polar surface area (TPSA) is 90.5 Å². The second kappa shape index (κ2) is 6.84. The molecule has 0 spiro atoms. The molecule has 3 rings (SSSR count). The highest BCUT2D eigenvalue weighted by Gasteiger charge is 2.39. The molecule has 1 aromatic heterocycles. The van der Waals surface area contributed by atoms with Gasteiger partial charge < -0.3 is 10.5 Å². The minimum Gasteiger partial charge on any atom is -0.494 e. The van der Waals surface area contributed by atoms with Crippen molar-refractivity contribution in [2.75, 3.05) is 20.2 Å². The minimum absolute atomic E-state index is 0.0209. The molecule has 2 aromatic rings. The molecule has 1 aliphatic rings. The van der Waals surface area contributed by atoms with Crippen LogP contribution in [0.5, 0.6) is 5.75 Å². The van der Waals surface area contributed by atoms with Gasteiger partial charge in [-0.3, -0.25) is 0 Å². The number of hydrogen-bond donors (Lipinski definition) is 1. The number of piperidine rings is 1. The maximum atomic E-state index is 13.0. The van der Waals surface area contributed by atoms with Crippen LogP contribution in [0.25, 0.3) is 5.69 Å². The fraction of sp³-hybridized carbons (Fsp3) is 0.471. The Kier molecular flexibility index (Phi) is 5.04. The number of aromatic nitrogens is 2. The third-order valence-electron chi connectivity index (χ3n) is 4.86. The number of nitrogens with two attached hydrogens (primary N) is 1. The lowest BCUT2D eigenvalue weighted by atomic mass is 9.81. The van der Waals surface area contributed by atoms with Crippen molar-refractivity contribution in [2.45, 2.75) is 31.2 Å². The van der Waals surface area contributed by atoms with Crippen LogP contribution in [-0.4, -0.2) is 48.7 Å². The average Bonchev–Trinajstić information content (AvgIpc) is 3.08. The van der Waals surface area contributed by atoms with Crippen molar-refractivity contribution in [2.24, 2.45) is 11.1 Å². The molecule has 0 saturated carbocycles. The van der Waals surface area contributed by atoms with Crippen LogP contribution in [0.1, 0.15) is 20.3 Å². The molecule has 1 aromatic carbocycles. The van der Waals surface area contributed by atoms with Crippen LogP contribution in [0.3, 0.4) is 0 Å². The lowest BCUT2D eigenvalue weighted by molar-refractivity contribution is 0.155. The molecule has 0 bridgehead atoms. The highest BCUT2D eigenvalue weighted by Crippen LogP contribution is 2.32. The fourth-order valence-corrected chi connectivity index (χ4v) is 4.82. The van der Waals surface area contributed by atoms with Gasteiger partial charge >= 0.3 is 0 Å². The molecule has 9 heteroatoms. The van der Waals surface area contributed by atoms with E-state index in [1.807, 2.05) is 13.8 Å². The van der Waals surface area contributed by atoms with E-state index in [2.05, 4.69) is 5.10 Å². The van der Waals surface area contributed by atoms with E-state index in [-0.39, 0.29) is 16.4 Å². The van der Waals surface area contributed by atoms with Crippen molar-refractivity contribution >= 4 is 21.6 Å². The van der Waals surface area contributed by atoms with Crippen molar-refractivity contribution in [3.8, 4) is 11.4 Å². The Morgan fingerprint density at radius 2 is 2.12 bits per heavy atom. The second-order valence-corrected chi connectivity index (χ2v) is 9.53. The second-order valence-electron chi connectivity index (χ2n) is 7.16. The summed E-state index contributed by atoms with van der Waals surface area (Å²) in [6.45, 7) is 4.75. The Morgan fingerprint density at radius 3 is 2.77 bits per heavy atom. The molecule has 2 heterocycles. The molecule has 1 fully saturated rings. The lowest BCUT2D eigenvalue weighted by Crippen LogP contribution is -2.53. The molecule has 0 aliphatic carbocycles. The third-order valence-corrected chi connectivity index (χ3v) is 6.89.